The first-order chi connectivity index (χ1) is 16.7. The van der Waals surface area contributed by atoms with Crippen LogP contribution in [0.4, 0.5) is 0 Å². The number of hydrogen-bond acceptors (Lipinski definition) is 5. The summed E-state index contributed by atoms with van der Waals surface area (Å²) in [6.07, 6.45) is 0.874. The molecule has 0 aromatic heterocycles. The summed E-state index contributed by atoms with van der Waals surface area (Å²) in [7, 11) is 0. The van der Waals surface area contributed by atoms with Crippen molar-refractivity contribution < 1.29 is 24.3 Å². The standard InChI is InChI=1S/C26H34N4O5/c1-3-17(2)23(25(33)29-21(26(34)35)15-19-12-8-5-9-13-19)30-24(32)20(28-22(31)16-27)14-18-10-6-4-7-11-18/h4-13,17,20-21,23H,3,14-16,27H2,1-2H3,(H,28,31)(H,29,33)(H,30,32)(H,34,35). The van der Waals surface area contributed by atoms with Gasteiger partial charge >= 0.3 is 5.97 Å². The Morgan fingerprint density at radius 1 is 0.800 bits per heavy atom. The Bertz CT molecular complexity index is 984. The number of carboxylic acid groups (broad SMARTS) is 1. The van der Waals surface area contributed by atoms with Crippen LogP contribution in [0.25, 0.3) is 0 Å². The van der Waals surface area contributed by atoms with Crippen LogP contribution < -0.4 is 21.7 Å². The van der Waals surface area contributed by atoms with Crippen LogP contribution in [-0.4, -0.2) is 53.5 Å². The van der Waals surface area contributed by atoms with Gasteiger partial charge in [0.25, 0.3) is 0 Å². The minimum absolute atomic E-state index is 0.103. The summed E-state index contributed by atoms with van der Waals surface area (Å²) >= 11 is 0. The molecule has 35 heavy (non-hydrogen) atoms. The molecule has 9 nitrogen and oxygen atoms in total. The second-order valence-corrected chi connectivity index (χ2v) is 8.47. The average Bonchev–Trinajstić information content (AvgIpc) is 2.86. The lowest BCUT2D eigenvalue weighted by molar-refractivity contribution is -0.142. The van der Waals surface area contributed by atoms with E-state index in [0.717, 1.165) is 11.1 Å². The van der Waals surface area contributed by atoms with Crippen LogP contribution in [-0.2, 0) is 32.0 Å². The third-order valence-corrected chi connectivity index (χ3v) is 5.81. The van der Waals surface area contributed by atoms with E-state index in [1.807, 2.05) is 43.3 Å². The van der Waals surface area contributed by atoms with Gasteiger partial charge in [0.15, 0.2) is 0 Å². The molecule has 2 aromatic rings. The third-order valence-electron chi connectivity index (χ3n) is 5.81. The van der Waals surface area contributed by atoms with Gasteiger partial charge < -0.3 is 26.8 Å². The first-order valence-corrected chi connectivity index (χ1v) is 11.7. The monoisotopic (exact) mass is 482 g/mol. The molecule has 0 saturated carbocycles. The fraction of sp³-hybridized carbons (Fsp3) is 0.385. The van der Waals surface area contributed by atoms with E-state index in [0.29, 0.717) is 6.42 Å². The van der Waals surface area contributed by atoms with Crippen molar-refractivity contribution in [2.45, 2.75) is 51.2 Å². The molecule has 0 bridgehead atoms. The van der Waals surface area contributed by atoms with Crippen LogP contribution in [0, 0.1) is 5.92 Å². The van der Waals surface area contributed by atoms with Crippen LogP contribution in [0.2, 0.25) is 0 Å². The first-order valence-electron chi connectivity index (χ1n) is 11.7. The number of amides is 3. The SMILES string of the molecule is CCC(C)C(NC(=O)C(Cc1ccccc1)NC(=O)CN)C(=O)NC(Cc1ccccc1)C(=O)O. The van der Waals surface area contributed by atoms with Gasteiger partial charge in [0, 0.05) is 12.8 Å². The Morgan fingerprint density at radius 2 is 1.31 bits per heavy atom. The minimum Gasteiger partial charge on any atom is -0.480 e. The van der Waals surface area contributed by atoms with E-state index in [-0.39, 0.29) is 25.3 Å². The molecule has 0 aliphatic heterocycles. The molecule has 0 aliphatic rings. The lowest BCUT2D eigenvalue weighted by Gasteiger charge is -2.28. The zero-order valence-corrected chi connectivity index (χ0v) is 20.1. The predicted molar refractivity (Wildman–Crippen MR) is 132 cm³/mol. The number of benzene rings is 2. The van der Waals surface area contributed by atoms with Gasteiger partial charge in [-0.05, 0) is 17.0 Å². The molecule has 9 heteroatoms. The number of carboxylic acids is 1. The zero-order chi connectivity index (χ0) is 25.8. The van der Waals surface area contributed by atoms with Crippen molar-refractivity contribution in [3.8, 4) is 0 Å². The lowest BCUT2D eigenvalue weighted by atomic mass is 9.96. The maximum Gasteiger partial charge on any atom is 0.326 e. The summed E-state index contributed by atoms with van der Waals surface area (Å²) in [6, 6.07) is 15.0. The summed E-state index contributed by atoms with van der Waals surface area (Å²) in [5, 5.41) is 17.6. The second-order valence-electron chi connectivity index (χ2n) is 8.47. The van der Waals surface area contributed by atoms with Crippen molar-refractivity contribution >= 4 is 23.7 Å². The number of nitrogens with two attached hydrogens (primary N) is 1. The normalized spacial score (nSPS) is 14.1. The summed E-state index contributed by atoms with van der Waals surface area (Å²) in [5.41, 5.74) is 7.00. The second kappa shape index (κ2) is 13.9. The summed E-state index contributed by atoms with van der Waals surface area (Å²) < 4.78 is 0. The molecule has 3 amide bonds. The number of rotatable bonds is 13. The van der Waals surface area contributed by atoms with Gasteiger partial charge in [-0.1, -0.05) is 80.9 Å². The summed E-state index contributed by atoms with van der Waals surface area (Å²) in [5.74, 6) is -3.11. The lowest BCUT2D eigenvalue weighted by Crippen LogP contribution is -2.58. The Morgan fingerprint density at radius 3 is 1.77 bits per heavy atom. The fourth-order valence-corrected chi connectivity index (χ4v) is 3.58. The molecule has 0 fully saturated rings. The predicted octanol–water partition coefficient (Wildman–Crippen LogP) is 1.02. The number of hydrogen-bond donors (Lipinski definition) is 5. The molecule has 188 valence electrons. The van der Waals surface area contributed by atoms with Crippen LogP contribution in [0.15, 0.2) is 60.7 Å². The van der Waals surface area contributed by atoms with E-state index in [4.69, 9.17) is 5.73 Å². The van der Waals surface area contributed by atoms with E-state index < -0.39 is 41.8 Å². The molecule has 2 rings (SSSR count). The van der Waals surface area contributed by atoms with Crippen molar-refractivity contribution in [1.82, 2.24) is 16.0 Å². The Labute approximate surface area is 205 Å². The maximum atomic E-state index is 13.2. The molecule has 0 saturated heterocycles. The minimum atomic E-state index is -1.17. The van der Waals surface area contributed by atoms with Gasteiger partial charge in [-0.3, -0.25) is 14.4 Å². The quantitative estimate of drug-likeness (QED) is 0.288. The highest BCUT2D eigenvalue weighted by Gasteiger charge is 2.32. The van der Waals surface area contributed by atoms with E-state index in [9.17, 15) is 24.3 Å². The topological polar surface area (TPSA) is 151 Å². The molecule has 0 radical (unpaired) electrons. The van der Waals surface area contributed by atoms with Crippen LogP contribution in [0.3, 0.4) is 0 Å². The molecule has 4 unspecified atom stereocenters. The van der Waals surface area contributed by atoms with Crippen molar-refractivity contribution in [2.75, 3.05) is 6.54 Å². The Hall–Kier alpha value is -3.72. The van der Waals surface area contributed by atoms with E-state index >= 15 is 0 Å². The molecule has 2 aromatic carbocycles. The van der Waals surface area contributed by atoms with E-state index in [1.54, 1.807) is 31.2 Å². The summed E-state index contributed by atoms with van der Waals surface area (Å²) in [6.45, 7) is 3.38. The van der Waals surface area contributed by atoms with Gasteiger partial charge in [-0.2, -0.15) is 0 Å². The molecule has 0 spiro atoms. The highest BCUT2D eigenvalue weighted by molar-refractivity contribution is 5.94. The number of carbonyl (C=O) groups excluding carboxylic acids is 3. The first kappa shape index (κ1) is 27.5. The van der Waals surface area contributed by atoms with Gasteiger partial charge in [-0.25, -0.2) is 4.79 Å². The van der Waals surface area contributed by atoms with Crippen LogP contribution in [0.5, 0.6) is 0 Å². The van der Waals surface area contributed by atoms with E-state index in [2.05, 4.69) is 16.0 Å². The van der Waals surface area contributed by atoms with Crippen LogP contribution >= 0.6 is 0 Å². The van der Waals surface area contributed by atoms with Crippen molar-refractivity contribution in [2.24, 2.45) is 11.7 Å². The average molecular weight is 483 g/mol. The van der Waals surface area contributed by atoms with E-state index in [1.165, 1.54) is 0 Å². The molecule has 0 aliphatic carbocycles. The number of aliphatic carboxylic acids is 1. The van der Waals surface area contributed by atoms with Crippen LogP contribution in [0.1, 0.15) is 31.4 Å². The molecular formula is C26H34N4O5. The van der Waals surface area contributed by atoms with Crippen molar-refractivity contribution in [1.29, 1.82) is 0 Å². The molecule has 4 atom stereocenters. The largest absolute Gasteiger partial charge is 0.480 e. The maximum absolute atomic E-state index is 13.2. The van der Waals surface area contributed by atoms with Crippen molar-refractivity contribution in [3.05, 3.63) is 71.8 Å². The number of carbonyl (C=O) groups is 4. The van der Waals surface area contributed by atoms with Gasteiger partial charge in [-0.15, -0.1) is 0 Å². The summed E-state index contributed by atoms with van der Waals surface area (Å²) in [4.78, 5) is 50.1. The molecular weight excluding hydrogens is 448 g/mol. The Balaban J connectivity index is 2.18. The molecule has 0 heterocycles. The van der Waals surface area contributed by atoms with Crippen molar-refractivity contribution in [3.63, 3.8) is 0 Å². The molecule has 6 N–H and O–H groups in total. The highest BCUT2D eigenvalue weighted by Crippen LogP contribution is 2.11. The Kier molecular flexibility index (Phi) is 10.9. The third kappa shape index (κ3) is 8.86. The van der Waals surface area contributed by atoms with Gasteiger partial charge in [0.2, 0.25) is 17.7 Å². The van der Waals surface area contributed by atoms with Gasteiger partial charge in [0.05, 0.1) is 6.54 Å². The van der Waals surface area contributed by atoms with Gasteiger partial charge in [0.1, 0.15) is 18.1 Å². The zero-order valence-electron chi connectivity index (χ0n) is 20.1. The smallest absolute Gasteiger partial charge is 0.326 e. The fourth-order valence-electron chi connectivity index (χ4n) is 3.58. The number of nitrogens with one attached hydrogen (secondary N) is 3. The highest BCUT2D eigenvalue weighted by atomic mass is 16.4.